The highest BCUT2D eigenvalue weighted by Gasteiger charge is 2.22. The number of benzene rings is 5. The predicted molar refractivity (Wildman–Crippen MR) is 243 cm³/mol. The average Bonchev–Trinajstić information content (AvgIpc) is 3.21. The van der Waals surface area contributed by atoms with E-state index in [9.17, 15) is 0 Å². The van der Waals surface area contributed by atoms with E-state index in [4.69, 9.17) is 21.4 Å². The number of hydrogen-bond donors (Lipinski definition) is 5. The number of fused-ring (bicyclic) bond motifs is 2. The summed E-state index contributed by atoms with van der Waals surface area (Å²) in [5.74, 6) is 0. The van der Waals surface area contributed by atoms with Gasteiger partial charge in [0.05, 0.1) is 11.4 Å². The molecule has 7 rings (SSSR count). The zero-order valence-corrected chi connectivity index (χ0v) is 34.0. The number of aryl methyl sites for hydroxylation is 2. The maximum atomic E-state index is 6.39. The Morgan fingerprint density at radius 2 is 1.28 bits per heavy atom. The molecule has 0 aliphatic heterocycles. The van der Waals surface area contributed by atoms with Gasteiger partial charge in [-0.15, -0.1) is 4.57 Å². The third-order valence-corrected chi connectivity index (χ3v) is 11.0. The molecule has 1 aromatic heterocycles. The Morgan fingerprint density at radius 1 is 0.667 bits per heavy atom. The molecule has 0 saturated carbocycles. The standard InChI is InChI=1S/C49H56N8/c1-33-28-38(22-23-40(33)50)54-43-25-24-42(36(4)49(43)55-37-18-12-10-13-19-37)52-26-16-8-6-5-7-9-17-27-53-44-32-48-46(30-35(44)3)56-45-29-34(2)41(51)31-47(45)57(48)39-20-14-11-15-21-39/h10-15,18-21,23-25,28-32,52,55H,5-9,16-17,22,26-27,50H2,1-4H3,(H2,51,53)/p+1/b54-38+. The summed E-state index contributed by atoms with van der Waals surface area (Å²) in [7, 11) is 0. The lowest BCUT2D eigenvalue weighted by Gasteiger charge is -2.18. The fourth-order valence-corrected chi connectivity index (χ4v) is 7.61. The highest BCUT2D eigenvalue weighted by molar-refractivity contribution is 6.01. The van der Waals surface area contributed by atoms with Crippen LogP contribution in [0.2, 0.25) is 0 Å². The van der Waals surface area contributed by atoms with Crippen molar-refractivity contribution in [3.8, 4) is 5.69 Å². The van der Waals surface area contributed by atoms with E-state index in [0.717, 1.165) is 117 Å². The van der Waals surface area contributed by atoms with Crippen LogP contribution < -0.4 is 32.0 Å². The number of nitrogens with two attached hydrogens (primary N) is 2. The van der Waals surface area contributed by atoms with Gasteiger partial charge in [-0.1, -0.05) is 74.6 Å². The number of allylic oxidation sites excluding steroid dienone is 3. The Bertz CT molecular complexity index is 2450. The third-order valence-electron chi connectivity index (χ3n) is 11.0. The highest BCUT2D eigenvalue weighted by Crippen LogP contribution is 2.37. The van der Waals surface area contributed by atoms with Gasteiger partial charge in [0.15, 0.2) is 0 Å². The zero-order valence-electron chi connectivity index (χ0n) is 34.0. The van der Waals surface area contributed by atoms with Crippen LogP contribution in [-0.2, 0) is 0 Å². The second kappa shape index (κ2) is 18.2. The summed E-state index contributed by atoms with van der Waals surface area (Å²) in [6.45, 7) is 10.3. The number of hydrogen-bond acceptors (Lipinski definition) is 7. The van der Waals surface area contributed by atoms with Gasteiger partial charge < -0.3 is 27.4 Å². The molecule has 0 saturated heterocycles. The monoisotopic (exact) mass is 757 g/mol. The minimum Gasteiger partial charge on any atom is -0.399 e. The quantitative estimate of drug-likeness (QED) is 0.0290. The number of aromatic nitrogens is 2. The summed E-state index contributed by atoms with van der Waals surface area (Å²) in [6.07, 6.45) is 13.4. The molecule has 0 atom stereocenters. The molecule has 0 spiro atoms. The molecule has 0 fully saturated rings. The van der Waals surface area contributed by atoms with Crippen LogP contribution in [-0.4, -0.2) is 23.8 Å². The van der Waals surface area contributed by atoms with Crippen molar-refractivity contribution in [3.05, 3.63) is 137 Å². The number of unbranched alkanes of at least 4 members (excludes halogenated alkanes) is 6. The van der Waals surface area contributed by atoms with Crippen LogP contribution in [0.15, 0.2) is 125 Å². The van der Waals surface area contributed by atoms with Gasteiger partial charge in [0, 0.05) is 77.9 Å². The van der Waals surface area contributed by atoms with Crippen molar-refractivity contribution in [1.29, 1.82) is 0 Å². The van der Waals surface area contributed by atoms with Crippen molar-refractivity contribution < 1.29 is 4.57 Å². The molecule has 0 unspecified atom stereocenters. The van der Waals surface area contributed by atoms with E-state index in [0.29, 0.717) is 0 Å². The minimum atomic E-state index is 0.733. The number of nitrogens with zero attached hydrogens (tertiary/aromatic N) is 3. The summed E-state index contributed by atoms with van der Waals surface area (Å²) >= 11 is 0. The molecule has 0 radical (unpaired) electrons. The van der Waals surface area contributed by atoms with Crippen LogP contribution in [0.1, 0.15) is 75.0 Å². The van der Waals surface area contributed by atoms with Gasteiger partial charge >= 0.3 is 0 Å². The van der Waals surface area contributed by atoms with Crippen molar-refractivity contribution >= 4 is 61.9 Å². The van der Waals surface area contributed by atoms with E-state index < -0.39 is 0 Å². The summed E-state index contributed by atoms with van der Waals surface area (Å²) in [5.41, 5.74) is 30.0. The molecule has 0 bridgehead atoms. The smallest absolute Gasteiger partial charge is 0.239 e. The topological polar surface area (TPSA) is 117 Å². The van der Waals surface area contributed by atoms with Gasteiger partial charge in [0.2, 0.25) is 16.7 Å². The molecule has 0 amide bonds. The van der Waals surface area contributed by atoms with Gasteiger partial charge in [-0.2, -0.15) is 0 Å². The Hall–Kier alpha value is -6.15. The number of para-hydroxylation sites is 2. The third kappa shape index (κ3) is 9.46. The molecule has 8 nitrogen and oxygen atoms in total. The maximum absolute atomic E-state index is 6.39. The van der Waals surface area contributed by atoms with Crippen LogP contribution in [0, 0.1) is 20.8 Å². The van der Waals surface area contributed by atoms with Crippen LogP contribution in [0.25, 0.3) is 27.8 Å². The second-order valence-electron chi connectivity index (χ2n) is 15.4. The minimum absolute atomic E-state index is 0.733. The van der Waals surface area contributed by atoms with E-state index in [1.807, 2.05) is 44.2 Å². The Labute approximate surface area is 337 Å². The first kappa shape index (κ1) is 39.1. The molecule has 5 aromatic carbocycles. The number of rotatable bonds is 16. The van der Waals surface area contributed by atoms with Crippen LogP contribution in [0.4, 0.5) is 34.1 Å². The van der Waals surface area contributed by atoms with Crippen molar-refractivity contribution in [2.75, 3.05) is 34.8 Å². The Morgan fingerprint density at radius 3 is 1.96 bits per heavy atom. The van der Waals surface area contributed by atoms with Crippen LogP contribution >= 0.6 is 0 Å². The molecule has 292 valence electrons. The largest absolute Gasteiger partial charge is 0.399 e. The Kier molecular flexibility index (Phi) is 12.5. The van der Waals surface area contributed by atoms with E-state index in [-0.39, 0.29) is 0 Å². The van der Waals surface area contributed by atoms with Crippen molar-refractivity contribution in [2.45, 2.75) is 79.1 Å². The summed E-state index contributed by atoms with van der Waals surface area (Å²) < 4.78 is 2.29. The highest BCUT2D eigenvalue weighted by atomic mass is 15.0. The van der Waals surface area contributed by atoms with E-state index in [2.05, 4.69) is 113 Å². The van der Waals surface area contributed by atoms with Crippen molar-refractivity contribution in [1.82, 2.24) is 4.98 Å². The van der Waals surface area contributed by atoms with Crippen LogP contribution in [0.3, 0.4) is 0 Å². The molecule has 1 aliphatic rings. The number of aliphatic imine (C=N–C) groups is 1. The molecular formula is C49H57N8+. The van der Waals surface area contributed by atoms with Crippen molar-refractivity contribution in [3.63, 3.8) is 0 Å². The van der Waals surface area contributed by atoms with Gasteiger partial charge in [-0.3, -0.25) is 4.99 Å². The number of nitrogens with one attached hydrogen (secondary N) is 3. The molecule has 1 heterocycles. The normalized spacial score (nSPS) is 13.5. The predicted octanol–water partition coefficient (Wildman–Crippen LogP) is 11.4. The van der Waals surface area contributed by atoms with Gasteiger partial charge in [-0.05, 0) is 105 Å². The molecule has 7 N–H and O–H groups in total. The number of nitrogen functional groups attached to an aromatic ring is 1. The van der Waals surface area contributed by atoms with Crippen LogP contribution in [0.5, 0.6) is 0 Å². The second-order valence-corrected chi connectivity index (χ2v) is 15.4. The summed E-state index contributed by atoms with van der Waals surface area (Å²) in [6, 6.07) is 33.7. The fourth-order valence-electron chi connectivity index (χ4n) is 7.61. The molecule has 1 aliphatic carbocycles. The van der Waals surface area contributed by atoms with Gasteiger partial charge in [0.1, 0.15) is 11.0 Å². The molecular weight excluding hydrogens is 701 g/mol. The Balaban J connectivity index is 0.884. The first-order valence-electron chi connectivity index (χ1n) is 20.5. The van der Waals surface area contributed by atoms with E-state index in [1.54, 1.807) is 0 Å². The SMILES string of the molecule is CC1=C/C(=N/c2ccc(NCCCCCCCCCNc3cc4c(cc3C)nc3cc(C)c(N)cc3[n+]4-c3ccccc3)c(C)c2Nc2ccccc2)CC=C1N. The van der Waals surface area contributed by atoms with Gasteiger partial charge in [0.25, 0.3) is 0 Å². The lowest BCUT2D eigenvalue weighted by molar-refractivity contribution is -0.538. The number of anilines is 5. The van der Waals surface area contributed by atoms with Gasteiger partial charge in [-0.25, -0.2) is 4.98 Å². The lowest BCUT2D eigenvalue weighted by Crippen LogP contribution is -2.33. The lowest BCUT2D eigenvalue weighted by atomic mass is 10.0. The molecule has 6 aromatic rings. The zero-order chi connectivity index (χ0) is 39.7. The maximum Gasteiger partial charge on any atom is 0.239 e. The summed E-state index contributed by atoms with van der Waals surface area (Å²) in [5, 5.41) is 11.1. The molecule has 8 heteroatoms. The average molecular weight is 758 g/mol. The van der Waals surface area contributed by atoms with E-state index in [1.165, 1.54) is 43.2 Å². The fraction of sp³-hybridized carbons (Fsp3) is 0.286. The first-order chi connectivity index (χ1) is 27.7. The molecule has 57 heavy (non-hydrogen) atoms. The summed E-state index contributed by atoms with van der Waals surface area (Å²) in [4.78, 5) is 10.1. The van der Waals surface area contributed by atoms with E-state index >= 15 is 0 Å². The van der Waals surface area contributed by atoms with Crippen molar-refractivity contribution in [2.24, 2.45) is 10.7 Å². The first-order valence-corrected chi connectivity index (χ1v) is 20.5.